The maximum absolute atomic E-state index is 12.1. The zero-order valence-corrected chi connectivity index (χ0v) is 11.6. The van der Waals surface area contributed by atoms with Gasteiger partial charge in [0.05, 0.1) is 6.20 Å². The summed E-state index contributed by atoms with van der Waals surface area (Å²) in [6, 6.07) is 9.50. The Bertz CT molecular complexity index is 537. The lowest BCUT2D eigenvalue weighted by atomic mass is 10.1. The van der Waals surface area contributed by atoms with Crippen molar-refractivity contribution in [3.63, 3.8) is 0 Å². The van der Waals surface area contributed by atoms with E-state index in [0.29, 0.717) is 17.9 Å². The van der Waals surface area contributed by atoms with Gasteiger partial charge in [0.25, 0.3) is 5.91 Å². The van der Waals surface area contributed by atoms with Gasteiger partial charge in [-0.3, -0.25) is 4.79 Å². The third-order valence-electron chi connectivity index (χ3n) is 2.99. The number of rotatable bonds is 7. The van der Waals surface area contributed by atoms with Crippen molar-refractivity contribution < 1.29 is 9.32 Å². The van der Waals surface area contributed by atoms with Crippen LogP contribution in [0.15, 0.2) is 41.1 Å². The lowest BCUT2D eigenvalue weighted by Gasteiger charge is -2.04. The molecular weight excluding hydrogens is 254 g/mol. The van der Waals surface area contributed by atoms with E-state index in [9.17, 15) is 4.79 Å². The molecule has 1 amide bonds. The Kier molecular flexibility index (Phi) is 5.32. The molecule has 0 spiro atoms. The molecule has 0 aliphatic rings. The van der Waals surface area contributed by atoms with Crippen LogP contribution in [0.4, 0.5) is 0 Å². The molecule has 2 rings (SSSR count). The largest absolute Gasteiger partial charge is 0.355 e. The Morgan fingerprint density at radius 3 is 2.70 bits per heavy atom. The number of amides is 1. The molecule has 20 heavy (non-hydrogen) atoms. The summed E-state index contributed by atoms with van der Waals surface area (Å²) in [5, 5.41) is 9.70. The average Bonchev–Trinajstić information content (AvgIpc) is 2.97. The highest BCUT2D eigenvalue weighted by Crippen LogP contribution is 2.22. The van der Waals surface area contributed by atoms with Gasteiger partial charge in [0.2, 0.25) is 0 Å². The van der Waals surface area contributed by atoms with E-state index in [2.05, 4.69) is 15.8 Å². The fourth-order valence-electron chi connectivity index (χ4n) is 1.92. The van der Waals surface area contributed by atoms with Crippen LogP contribution in [-0.4, -0.2) is 31.2 Å². The molecule has 5 nitrogen and oxygen atoms in total. The molecule has 0 saturated heterocycles. The fraction of sp³-hybridized carbons (Fsp3) is 0.333. The molecule has 1 heterocycles. The zero-order chi connectivity index (χ0) is 14.2. The topological polar surface area (TPSA) is 67.2 Å². The van der Waals surface area contributed by atoms with E-state index in [4.69, 9.17) is 4.52 Å². The number of carbonyl (C=O) groups is 1. The number of carbonyl (C=O) groups excluding carboxylic acids is 1. The maximum Gasteiger partial charge on any atom is 0.256 e. The molecule has 0 bridgehead atoms. The second-order valence-electron chi connectivity index (χ2n) is 4.50. The Morgan fingerprint density at radius 1 is 1.20 bits per heavy atom. The third-order valence-corrected chi connectivity index (χ3v) is 2.99. The van der Waals surface area contributed by atoms with Gasteiger partial charge in [0.15, 0.2) is 5.76 Å². The molecule has 5 heteroatoms. The van der Waals surface area contributed by atoms with E-state index < -0.39 is 0 Å². The first kappa shape index (κ1) is 14.3. The van der Waals surface area contributed by atoms with Crippen molar-refractivity contribution >= 4 is 5.91 Å². The SMILES string of the molecule is CNCCCCNC(=O)c1cnoc1-c1ccccc1. The van der Waals surface area contributed by atoms with Crippen molar-refractivity contribution in [3.8, 4) is 11.3 Å². The highest BCUT2D eigenvalue weighted by Gasteiger charge is 2.16. The smallest absolute Gasteiger partial charge is 0.256 e. The average molecular weight is 273 g/mol. The lowest BCUT2D eigenvalue weighted by molar-refractivity contribution is 0.0953. The van der Waals surface area contributed by atoms with Crippen LogP contribution in [0.3, 0.4) is 0 Å². The number of unbranched alkanes of at least 4 members (excludes halogenated alkanes) is 1. The van der Waals surface area contributed by atoms with Crippen LogP contribution in [0.1, 0.15) is 23.2 Å². The third kappa shape index (κ3) is 3.68. The van der Waals surface area contributed by atoms with Gasteiger partial charge in [0, 0.05) is 12.1 Å². The maximum atomic E-state index is 12.1. The summed E-state index contributed by atoms with van der Waals surface area (Å²) >= 11 is 0. The van der Waals surface area contributed by atoms with Gasteiger partial charge in [-0.25, -0.2) is 0 Å². The normalized spacial score (nSPS) is 10.4. The van der Waals surface area contributed by atoms with Crippen LogP contribution >= 0.6 is 0 Å². The Hall–Kier alpha value is -2.14. The van der Waals surface area contributed by atoms with Gasteiger partial charge < -0.3 is 15.2 Å². The van der Waals surface area contributed by atoms with Crippen molar-refractivity contribution in [2.75, 3.05) is 20.1 Å². The van der Waals surface area contributed by atoms with Crippen molar-refractivity contribution in [2.45, 2.75) is 12.8 Å². The van der Waals surface area contributed by atoms with Crippen molar-refractivity contribution in [3.05, 3.63) is 42.1 Å². The number of hydrogen-bond acceptors (Lipinski definition) is 4. The highest BCUT2D eigenvalue weighted by atomic mass is 16.5. The van der Waals surface area contributed by atoms with Crippen molar-refractivity contribution in [2.24, 2.45) is 0 Å². The lowest BCUT2D eigenvalue weighted by Crippen LogP contribution is -2.25. The fourth-order valence-corrected chi connectivity index (χ4v) is 1.92. The number of hydrogen-bond donors (Lipinski definition) is 2. The van der Waals surface area contributed by atoms with E-state index in [-0.39, 0.29) is 5.91 Å². The molecule has 0 fully saturated rings. The first-order valence-corrected chi connectivity index (χ1v) is 6.76. The molecular formula is C15H19N3O2. The summed E-state index contributed by atoms with van der Waals surface area (Å²) in [7, 11) is 1.92. The van der Waals surface area contributed by atoms with E-state index in [1.54, 1.807) is 0 Å². The second-order valence-corrected chi connectivity index (χ2v) is 4.50. The zero-order valence-electron chi connectivity index (χ0n) is 11.6. The molecule has 0 aliphatic carbocycles. The number of nitrogens with zero attached hydrogens (tertiary/aromatic N) is 1. The number of aromatic nitrogens is 1. The van der Waals surface area contributed by atoms with E-state index in [1.165, 1.54) is 6.20 Å². The predicted octanol–water partition coefficient (Wildman–Crippen LogP) is 2.07. The second kappa shape index (κ2) is 7.45. The predicted molar refractivity (Wildman–Crippen MR) is 77.4 cm³/mol. The molecule has 1 aromatic carbocycles. The van der Waals surface area contributed by atoms with E-state index in [0.717, 1.165) is 24.9 Å². The van der Waals surface area contributed by atoms with Crippen LogP contribution in [0.5, 0.6) is 0 Å². The summed E-state index contributed by atoms with van der Waals surface area (Å²) in [4.78, 5) is 12.1. The molecule has 0 radical (unpaired) electrons. The van der Waals surface area contributed by atoms with Gasteiger partial charge in [-0.1, -0.05) is 35.5 Å². The quantitative estimate of drug-likeness (QED) is 0.758. The molecule has 0 unspecified atom stereocenters. The van der Waals surface area contributed by atoms with Crippen LogP contribution in [0.2, 0.25) is 0 Å². The minimum atomic E-state index is -0.144. The summed E-state index contributed by atoms with van der Waals surface area (Å²) in [5.74, 6) is 0.368. The van der Waals surface area contributed by atoms with Gasteiger partial charge in [-0.2, -0.15) is 0 Å². The first-order valence-electron chi connectivity index (χ1n) is 6.76. The Morgan fingerprint density at radius 2 is 1.95 bits per heavy atom. The molecule has 0 aliphatic heterocycles. The summed E-state index contributed by atoms with van der Waals surface area (Å²) in [6.45, 7) is 1.61. The monoisotopic (exact) mass is 273 g/mol. The highest BCUT2D eigenvalue weighted by molar-refractivity contribution is 5.99. The summed E-state index contributed by atoms with van der Waals surface area (Å²) in [5.41, 5.74) is 1.33. The van der Waals surface area contributed by atoms with Crippen LogP contribution in [0, 0.1) is 0 Å². The molecule has 0 atom stereocenters. The van der Waals surface area contributed by atoms with Gasteiger partial charge in [-0.05, 0) is 26.4 Å². The van der Waals surface area contributed by atoms with Crippen LogP contribution in [-0.2, 0) is 0 Å². The van der Waals surface area contributed by atoms with Crippen LogP contribution < -0.4 is 10.6 Å². The summed E-state index contributed by atoms with van der Waals surface area (Å²) in [6.07, 6.45) is 3.44. The first-order chi connectivity index (χ1) is 9.83. The molecule has 2 aromatic rings. The van der Waals surface area contributed by atoms with Gasteiger partial charge >= 0.3 is 0 Å². The standard InChI is InChI=1S/C15H19N3O2/c1-16-9-5-6-10-17-15(19)13-11-18-20-14(13)12-7-3-2-4-8-12/h2-4,7-8,11,16H,5-6,9-10H2,1H3,(H,17,19). The Labute approximate surface area is 118 Å². The molecule has 2 N–H and O–H groups in total. The minimum absolute atomic E-state index is 0.144. The van der Waals surface area contributed by atoms with E-state index in [1.807, 2.05) is 37.4 Å². The van der Waals surface area contributed by atoms with Crippen molar-refractivity contribution in [1.29, 1.82) is 0 Å². The molecule has 0 saturated carbocycles. The minimum Gasteiger partial charge on any atom is -0.355 e. The van der Waals surface area contributed by atoms with Crippen molar-refractivity contribution in [1.82, 2.24) is 15.8 Å². The summed E-state index contributed by atoms with van der Waals surface area (Å²) < 4.78 is 5.20. The van der Waals surface area contributed by atoms with E-state index >= 15 is 0 Å². The molecule has 1 aromatic heterocycles. The van der Waals surface area contributed by atoms with Crippen LogP contribution in [0.25, 0.3) is 11.3 Å². The number of nitrogens with one attached hydrogen (secondary N) is 2. The molecule has 106 valence electrons. The van der Waals surface area contributed by atoms with Gasteiger partial charge in [-0.15, -0.1) is 0 Å². The number of benzene rings is 1. The Balaban J connectivity index is 1.96. The van der Waals surface area contributed by atoms with Gasteiger partial charge in [0.1, 0.15) is 5.56 Å².